The highest BCUT2D eigenvalue weighted by atomic mass is 32.2. The van der Waals surface area contributed by atoms with Crippen molar-refractivity contribution in [2.75, 3.05) is 4.72 Å². The van der Waals surface area contributed by atoms with E-state index in [0.717, 1.165) is 17.8 Å². The van der Waals surface area contributed by atoms with Gasteiger partial charge in [0.15, 0.2) is 4.90 Å². The Morgan fingerprint density at radius 3 is 2.44 bits per heavy atom. The molecule has 0 spiro atoms. The summed E-state index contributed by atoms with van der Waals surface area (Å²) >= 11 is 0. The maximum Gasteiger partial charge on any atom is 0.292 e. The number of nitrogens with zero attached hydrogens (tertiary/aromatic N) is 3. The molecule has 0 fully saturated rings. The molecule has 3 rings (SSSR count). The first-order chi connectivity index (χ1) is 12.7. The van der Waals surface area contributed by atoms with Crippen molar-refractivity contribution in [3.8, 4) is 5.69 Å². The Labute approximate surface area is 154 Å². The maximum absolute atomic E-state index is 13.3. The highest BCUT2D eigenvalue weighted by Gasteiger charge is 2.28. The van der Waals surface area contributed by atoms with Gasteiger partial charge in [-0.1, -0.05) is 18.2 Å². The van der Waals surface area contributed by atoms with Crippen LogP contribution in [0, 0.1) is 29.8 Å². The molecule has 27 heavy (non-hydrogen) atoms. The van der Waals surface area contributed by atoms with Gasteiger partial charge in [-0.15, -0.1) is 0 Å². The van der Waals surface area contributed by atoms with E-state index in [-0.39, 0.29) is 5.69 Å². The Morgan fingerprint density at radius 1 is 1.15 bits per heavy atom. The van der Waals surface area contributed by atoms with Gasteiger partial charge in [-0.3, -0.25) is 14.8 Å². The van der Waals surface area contributed by atoms with E-state index in [2.05, 4.69) is 9.82 Å². The summed E-state index contributed by atoms with van der Waals surface area (Å²) in [5.41, 5.74) is 0.999. The average Bonchev–Trinajstić information content (AvgIpc) is 2.90. The summed E-state index contributed by atoms with van der Waals surface area (Å²) in [6, 6.07) is 11.4. The monoisotopic (exact) mass is 390 g/mol. The summed E-state index contributed by atoms with van der Waals surface area (Å²) in [6.45, 7) is 3.29. The smallest absolute Gasteiger partial charge is 0.276 e. The molecular weight excluding hydrogens is 375 g/mol. The Hall–Kier alpha value is -3.27. The van der Waals surface area contributed by atoms with E-state index in [4.69, 9.17) is 0 Å². The first kappa shape index (κ1) is 18.5. The van der Waals surface area contributed by atoms with E-state index in [1.54, 1.807) is 18.5 Å². The minimum atomic E-state index is -4.33. The number of hydrogen-bond acceptors (Lipinski definition) is 5. The van der Waals surface area contributed by atoms with Gasteiger partial charge < -0.3 is 0 Å². The third kappa shape index (κ3) is 3.51. The topological polar surface area (TPSA) is 107 Å². The summed E-state index contributed by atoms with van der Waals surface area (Å²) in [6.07, 6.45) is 0. The minimum absolute atomic E-state index is 0.206. The number of hydrogen-bond donors (Lipinski definition) is 1. The minimum Gasteiger partial charge on any atom is -0.276 e. The lowest BCUT2D eigenvalue weighted by molar-refractivity contribution is -0.388. The fourth-order valence-corrected chi connectivity index (χ4v) is 3.99. The van der Waals surface area contributed by atoms with Crippen LogP contribution in [0.3, 0.4) is 0 Å². The highest BCUT2D eigenvalue weighted by molar-refractivity contribution is 7.92. The normalized spacial score (nSPS) is 11.4. The molecule has 0 amide bonds. The molecule has 0 saturated carbocycles. The lowest BCUT2D eigenvalue weighted by Crippen LogP contribution is -2.16. The highest BCUT2D eigenvalue weighted by Crippen LogP contribution is 2.29. The summed E-state index contributed by atoms with van der Waals surface area (Å²) < 4.78 is 42.6. The van der Waals surface area contributed by atoms with Crippen LogP contribution in [0.15, 0.2) is 53.4 Å². The molecule has 0 atom stereocenters. The number of aromatic nitrogens is 2. The average molecular weight is 390 g/mol. The zero-order valence-electron chi connectivity index (χ0n) is 14.4. The molecule has 0 aliphatic rings. The fourth-order valence-electron chi connectivity index (χ4n) is 2.66. The number of rotatable bonds is 5. The van der Waals surface area contributed by atoms with Crippen LogP contribution >= 0.6 is 0 Å². The van der Waals surface area contributed by atoms with Gasteiger partial charge in [-0.25, -0.2) is 17.5 Å². The summed E-state index contributed by atoms with van der Waals surface area (Å²) in [5.74, 6) is -0.898. The number of sulfonamides is 1. The summed E-state index contributed by atoms with van der Waals surface area (Å²) in [7, 11) is -4.33. The van der Waals surface area contributed by atoms with E-state index >= 15 is 0 Å². The van der Waals surface area contributed by atoms with Crippen molar-refractivity contribution < 1.29 is 17.7 Å². The number of para-hydroxylation sites is 1. The third-order valence-electron chi connectivity index (χ3n) is 3.94. The van der Waals surface area contributed by atoms with E-state index in [9.17, 15) is 22.9 Å². The quantitative estimate of drug-likeness (QED) is 0.531. The predicted molar refractivity (Wildman–Crippen MR) is 96.9 cm³/mol. The molecule has 0 saturated heterocycles. The maximum atomic E-state index is 13.3. The third-order valence-corrected chi connectivity index (χ3v) is 5.33. The SMILES string of the molecule is Cc1nn(-c2ccccc2)c(C)c1NS(=O)(=O)c1ccc(F)cc1[N+](=O)[O-]. The molecule has 140 valence electrons. The second-order valence-corrected chi connectivity index (χ2v) is 7.42. The van der Waals surface area contributed by atoms with E-state index in [0.29, 0.717) is 17.5 Å². The van der Waals surface area contributed by atoms with Crippen molar-refractivity contribution in [2.45, 2.75) is 18.7 Å². The lowest BCUT2D eigenvalue weighted by Gasteiger charge is -2.09. The molecule has 1 heterocycles. The van der Waals surface area contributed by atoms with Gasteiger partial charge in [0.05, 0.1) is 33.8 Å². The van der Waals surface area contributed by atoms with Crippen molar-refractivity contribution in [3.63, 3.8) is 0 Å². The van der Waals surface area contributed by atoms with Crippen LogP contribution in [0.5, 0.6) is 0 Å². The summed E-state index contributed by atoms with van der Waals surface area (Å²) in [4.78, 5) is 9.56. The fraction of sp³-hybridized carbons (Fsp3) is 0.118. The van der Waals surface area contributed by atoms with Gasteiger partial charge in [0.25, 0.3) is 15.7 Å². The van der Waals surface area contributed by atoms with Crippen LogP contribution in [0.2, 0.25) is 0 Å². The van der Waals surface area contributed by atoms with Gasteiger partial charge in [0.2, 0.25) is 0 Å². The van der Waals surface area contributed by atoms with Crippen LogP contribution in [0.4, 0.5) is 15.8 Å². The second kappa shape index (κ2) is 6.80. The van der Waals surface area contributed by atoms with Crippen molar-refractivity contribution in [2.24, 2.45) is 0 Å². The Bertz CT molecular complexity index is 1130. The molecule has 1 aromatic heterocycles. The van der Waals surface area contributed by atoms with Crippen LogP contribution in [-0.2, 0) is 10.0 Å². The van der Waals surface area contributed by atoms with E-state index in [1.165, 1.54) is 0 Å². The Morgan fingerprint density at radius 2 is 1.81 bits per heavy atom. The molecule has 0 radical (unpaired) electrons. The number of halogens is 1. The van der Waals surface area contributed by atoms with Crippen molar-refractivity contribution in [3.05, 3.63) is 75.9 Å². The molecular formula is C17H15FN4O4S. The second-order valence-electron chi connectivity index (χ2n) is 5.77. The number of anilines is 1. The van der Waals surface area contributed by atoms with Crippen LogP contribution in [-0.4, -0.2) is 23.1 Å². The molecule has 2 aromatic carbocycles. The van der Waals surface area contributed by atoms with Gasteiger partial charge in [-0.2, -0.15) is 5.10 Å². The number of nitrogens with one attached hydrogen (secondary N) is 1. The molecule has 8 nitrogen and oxygen atoms in total. The molecule has 3 aromatic rings. The van der Waals surface area contributed by atoms with Crippen molar-refractivity contribution in [1.82, 2.24) is 9.78 Å². The van der Waals surface area contributed by atoms with Gasteiger partial charge in [0, 0.05) is 0 Å². The molecule has 0 bridgehead atoms. The van der Waals surface area contributed by atoms with Gasteiger partial charge in [-0.05, 0) is 38.1 Å². The van der Waals surface area contributed by atoms with Crippen LogP contribution < -0.4 is 4.72 Å². The van der Waals surface area contributed by atoms with Gasteiger partial charge in [0.1, 0.15) is 5.82 Å². The van der Waals surface area contributed by atoms with Crippen molar-refractivity contribution >= 4 is 21.4 Å². The van der Waals surface area contributed by atoms with Crippen molar-refractivity contribution in [1.29, 1.82) is 0 Å². The molecule has 10 heteroatoms. The first-order valence-corrected chi connectivity index (χ1v) is 9.27. The molecule has 0 aliphatic heterocycles. The van der Waals surface area contributed by atoms with Gasteiger partial charge >= 0.3 is 0 Å². The lowest BCUT2D eigenvalue weighted by atomic mass is 10.3. The van der Waals surface area contributed by atoms with E-state index in [1.807, 2.05) is 30.3 Å². The number of nitro benzene ring substituents is 1. The number of nitro groups is 1. The Balaban J connectivity index is 2.06. The molecule has 0 unspecified atom stereocenters. The first-order valence-electron chi connectivity index (χ1n) is 7.79. The molecule has 1 N–H and O–H groups in total. The largest absolute Gasteiger partial charge is 0.292 e. The zero-order chi connectivity index (χ0) is 19.8. The predicted octanol–water partition coefficient (Wildman–Crippen LogP) is 3.34. The van der Waals surface area contributed by atoms with Crippen LogP contribution in [0.1, 0.15) is 11.4 Å². The number of aryl methyl sites for hydroxylation is 1. The summed E-state index contributed by atoms with van der Waals surface area (Å²) in [5, 5.41) is 15.5. The van der Waals surface area contributed by atoms with Crippen LogP contribution in [0.25, 0.3) is 5.69 Å². The zero-order valence-corrected chi connectivity index (χ0v) is 15.2. The Kier molecular flexibility index (Phi) is 4.66. The standard InChI is InChI=1S/C17H15FN4O4S/c1-11-17(12(2)21(19-11)14-6-4-3-5-7-14)20-27(25,26)16-9-8-13(18)10-15(16)22(23)24/h3-10,20H,1-2H3. The number of benzene rings is 2. The van der Waals surface area contributed by atoms with E-state index < -0.39 is 31.3 Å². The molecule has 0 aliphatic carbocycles.